The number of oxazole rings is 1. The lowest BCUT2D eigenvalue weighted by Crippen LogP contribution is -2.11. The van der Waals surface area contributed by atoms with Crippen molar-refractivity contribution in [2.45, 2.75) is 4.21 Å². The molecule has 0 saturated carbocycles. The zero-order chi connectivity index (χ0) is 14.9. The van der Waals surface area contributed by atoms with Gasteiger partial charge in [0.05, 0.1) is 6.20 Å². The standard InChI is InChI=1S/C13H11N3O3S2/c14-10-5-13(20-7-10)21(17,18)16-11-3-1-2-9(4-11)12-6-15-8-19-12/h1-8,16H,14H2. The Hall–Kier alpha value is -2.32. The van der Waals surface area contributed by atoms with Crippen molar-refractivity contribution < 1.29 is 12.8 Å². The quantitative estimate of drug-likeness (QED) is 0.770. The van der Waals surface area contributed by atoms with Crippen LogP contribution in [0.5, 0.6) is 0 Å². The van der Waals surface area contributed by atoms with E-state index in [-0.39, 0.29) is 4.21 Å². The maximum absolute atomic E-state index is 12.2. The number of nitrogen functional groups attached to an aromatic ring is 1. The number of nitrogens with two attached hydrogens (primary N) is 1. The minimum absolute atomic E-state index is 0.171. The predicted octanol–water partition coefficient (Wildman–Crippen LogP) is 2.79. The Morgan fingerprint density at radius 2 is 2.14 bits per heavy atom. The third-order valence-corrected chi connectivity index (χ3v) is 5.53. The highest BCUT2D eigenvalue weighted by Crippen LogP contribution is 2.26. The summed E-state index contributed by atoms with van der Waals surface area (Å²) in [6.07, 6.45) is 2.88. The summed E-state index contributed by atoms with van der Waals surface area (Å²) in [5.41, 5.74) is 7.16. The molecule has 0 spiro atoms. The Kier molecular flexibility index (Phi) is 3.40. The van der Waals surface area contributed by atoms with Crippen molar-refractivity contribution in [2.24, 2.45) is 0 Å². The van der Waals surface area contributed by atoms with Gasteiger partial charge in [-0.3, -0.25) is 4.72 Å². The van der Waals surface area contributed by atoms with Crippen molar-refractivity contribution in [3.8, 4) is 11.3 Å². The molecule has 0 radical (unpaired) electrons. The van der Waals surface area contributed by atoms with Crippen molar-refractivity contribution in [1.29, 1.82) is 0 Å². The van der Waals surface area contributed by atoms with Crippen LogP contribution in [0.15, 0.2) is 56.9 Å². The van der Waals surface area contributed by atoms with Gasteiger partial charge < -0.3 is 10.2 Å². The van der Waals surface area contributed by atoms with Crippen LogP contribution >= 0.6 is 11.3 Å². The zero-order valence-corrected chi connectivity index (χ0v) is 12.3. The van der Waals surface area contributed by atoms with Gasteiger partial charge in [-0.25, -0.2) is 13.4 Å². The Balaban J connectivity index is 1.90. The number of nitrogens with zero attached hydrogens (tertiary/aromatic N) is 1. The van der Waals surface area contributed by atoms with Gasteiger partial charge in [0.25, 0.3) is 10.0 Å². The fourth-order valence-electron chi connectivity index (χ4n) is 1.77. The maximum atomic E-state index is 12.2. The first-order chi connectivity index (χ1) is 10.0. The molecular weight excluding hydrogens is 310 g/mol. The summed E-state index contributed by atoms with van der Waals surface area (Å²) < 4.78 is 32.3. The Morgan fingerprint density at radius 3 is 2.81 bits per heavy atom. The van der Waals surface area contributed by atoms with E-state index in [4.69, 9.17) is 10.2 Å². The van der Waals surface area contributed by atoms with Gasteiger partial charge in [-0.1, -0.05) is 12.1 Å². The summed E-state index contributed by atoms with van der Waals surface area (Å²) in [5, 5.41) is 1.58. The van der Waals surface area contributed by atoms with E-state index >= 15 is 0 Å². The summed E-state index contributed by atoms with van der Waals surface area (Å²) in [7, 11) is -3.64. The smallest absolute Gasteiger partial charge is 0.271 e. The van der Waals surface area contributed by atoms with Gasteiger partial charge in [0.1, 0.15) is 4.21 Å². The highest BCUT2D eigenvalue weighted by Gasteiger charge is 2.16. The monoisotopic (exact) mass is 321 g/mol. The fourth-order valence-corrected chi connectivity index (χ4v) is 3.90. The Morgan fingerprint density at radius 1 is 1.29 bits per heavy atom. The second-order valence-electron chi connectivity index (χ2n) is 4.25. The number of rotatable bonds is 4. The van der Waals surface area contributed by atoms with Crippen molar-refractivity contribution >= 4 is 32.7 Å². The largest absolute Gasteiger partial charge is 0.444 e. The van der Waals surface area contributed by atoms with Crippen LogP contribution in [0.3, 0.4) is 0 Å². The molecule has 8 heteroatoms. The van der Waals surface area contributed by atoms with Crippen LogP contribution in [0.1, 0.15) is 0 Å². The summed E-state index contributed by atoms with van der Waals surface area (Å²) in [6, 6.07) is 8.30. The molecule has 0 aliphatic carbocycles. The molecular formula is C13H11N3O3S2. The first-order valence-corrected chi connectivity index (χ1v) is 8.27. The number of hydrogen-bond donors (Lipinski definition) is 2. The van der Waals surface area contributed by atoms with Gasteiger partial charge >= 0.3 is 0 Å². The summed E-state index contributed by atoms with van der Waals surface area (Å²) in [4.78, 5) is 3.84. The first kappa shape index (κ1) is 13.7. The average molecular weight is 321 g/mol. The molecule has 0 bridgehead atoms. The molecule has 108 valence electrons. The SMILES string of the molecule is Nc1csc(S(=O)(=O)Nc2cccc(-c3cnco3)c2)c1. The van der Waals surface area contributed by atoms with Crippen LogP contribution < -0.4 is 10.5 Å². The molecule has 21 heavy (non-hydrogen) atoms. The highest BCUT2D eigenvalue weighted by atomic mass is 32.2. The number of thiophene rings is 1. The van der Waals surface area contributed by atoms with Crippen molar-refractivity contribution in [1.82, 2.24) is 4.98 Å². The van der Waals surface area contributed by atoms with E-state index in [1.807, 2.05) is 0 Å². The van der Waals surface area contributed by atoms with Gasteiger partial charge in [0.2, 0.25) is 0 Å². The third-order valence-electron chi connectivity index (χ3n) is 2.69. The van der Waals surface area contributed by atoms with Crippen LogP contribution in [0.2, 0.25) is 0 Å². The molecule has 0 aliphatic rings. The van der Waals surface area contributed by atoms with E-state index in [0.717, 1.165) is 16.9 Å². The summed E-state index contributed by atoms with van der Waals surface area (Å²) >= 11 is 1.07. The average Bonchev–Trinajstić information content (AvgIpc) is 3.09. The fraction of sp³-hybridized carbons (Fsp3) is 0. The lowest BCUT2D eigenvalue weighted by molar-refractivity contribution is 0.572. The minimum atomic E-state index is -3.64. The molecule has 0 fully saturated rings. The number of anilines is 2. The first-order valence-electron chi connectivity index (χ1n) is 5.90. The molecule has 6 nitrogen and oxygen atoms in total. The molecule has 1 aromatic carbocycles. The molecule has 0 aliphatic heterocycles. The van der Waals surface area contributed by atoms with Gasteiger partial charge in [0, 0.05) is 22.3 Å². The number of nitrogens with one attached hydrogen (secondary N) is 1. The van der Waals surface area contributed by atoms with Crippen molar-refractivity contribution in [3.05, 3.63) is 48.3 Å². The molecule has 0 amide bonds. The van der Waals surface area contributed by atoms with Crippen molar-refractivity contribution in [2.75, 3.05) is 10.5 Å². The van der Waals surface area contributed by atoms with E-state index in [1.165, 1.54) is 12.5 Å². The van der Waals surface area contributed by atoms with Crippen LogP contribution in [-0.4, -0.2) is 13.4 Å². The number of sulfonamides is 1. The molecule has 0 atom stereocenters. The number of hydrogen-bond acceptors (Lipinski definition) is 6. The second-order valence-corrected chi connectivity index (χ2v) is 7.07. The Bertz CT molecular complexity index is 854. The lowest BCUT2D eigenvalue weighted by atomic mass is 10.2. The predicted molar refractivity (Wildman–Crippen MR) is 81.5 cm³/mol. The minimum Gasteiger partial charge on any atom is -0.444 e. The molecule has 0 saturated heterocycles. The molecule has 2 heterocycles. The van der Waals surface area contributed by atoms with Gasteiger partial charge in [-0.15, -0.1) is 11.3 Å². The molecule has 3 rings (SSSR count). The highest BCUT2D eigenvalue weighted by molar-refractivity contribution is 7.94. The lowest BCUT2D eigenvalue weighted by Gasteiger charge is -2.07. The number of aromatic nitrogens is 1. The van der Waals surface area contributed by atoms with E-state index in [1.54, 1.807) is 35.8 Å². The van der Waals surface area contributed by atoms with E-state index in [2.05, 4.69) is 9.71 Å². The summed E-state index contributed by atoms with van der Waals surface area (Å²) in [5.74, 6) is 0.566. The van der Waals surface area contributed by atoms with Gasteiger partial charge in [-0.05, 0) is 18.2 Å². The number of benzene rings is 1. The van der Waals surface area contributed by atoms with Gasteiger partial charge in [-0.2, -0.15) is 0 Å². The normalized spacial score (nSPS) is 11.4. The molecule has 2 aromatic heterocycles. The van der Waals surface area contributed by atoms with Crippen LogP contribution in [0.25, 0.3) is 11.3 Å². The van der Waals surface area contributed by atoms with Crippen LogP contribution in [0, 0.1) is 0 Å². The van der Waals surface area contributed by atoms with E-state index < -0.39 is 10.0 Å². The van der Waals surface area contributed by atoms with E-state index in [9.17, 15) is 8.42 Å². The maximum Gasteiger partial charge on any atom is 0.271 e. The molecule has 0 unspecified atom stereocenters. The van der Waals surface area contributed by atoms with Crippen LogP contribution in [0.4, 0.5) is 11.4 Å². The van der Waals surface area contributed by atoms with E-state index in [0.29, 0.717) is 17.1 Å². The van der Waals surface area contributed by atoms with Crippen molar-refractivity contribution in [3.63, 3.8) is 0 Å². The van der Waals surface area contributed by atoms with Gasteiger partial charge in [0.15, 0.2) is 12.2 Å². The Labute approximate surface area is 125 Å². The second kappa shape index (κ2) is 5.23. The molecule has 3 N–H and O–H groups in total. The zero-order valence-electron chi connectivity index (χ0n) is 10.7. The summed E-state index contributed by atoms with van der Waals surface area (Å²) in [6.45, 7) is 0. The topological polar surface area (TPSA) is 98.2 Å². The molecule has 3 aromatic rings. The third kappa shape index (κ3) is 2.91. The van der Waals surface area contributed by atoms with Crippen LogP contribution in [-0.2, 0) is 10.0 Å².